The van der Waals surface area contributed by atoms with Crippen LogP contribution in [0.3, 0.4) is 0 Å². The van der Waals surface area contributed by atoms with Crippen LogP contribution < -0.4 is 5.43 Å². The standard InChI is InChI=1S/C29H30N4O2/c1-20(30-31-28(35)23-13-9-6-10-14-23)25-27(34)26(22-15-17-24(18-16-22)29(2,3)4)33(32-25)19-21-11-7-5-8-12-21/h5-18,34H,19H2,1-4H3,(H,31,35)/b30-20+. The van der Waals surface area contributed by atoms with Gasteiger partial charge < -0.3 is 5.11 Å². The van der Waals surface area contributed by atoms with Gasteiger partial charge in [-0.3, -0.25) is 9.48 Å². The predicted molar refractivity (Wildman–Crippen MR) is 140 cm³/mol. The fraction of sp³-hybridized carbons (Fsp3) is 0.207. The van der Waals surface area contributed by atoms with Crippen molar-refractivity contribution in [3.63, 3.8) is 0 Å². The summed E-state index contributed by atoms with van der Waals surface area (Å²) in [5, 5.41) is 20.1. The molecule has 6 heteroatoms. The molecular formula is C29H30N4O2. The lowest BCUT2D eigenvalue weighted by Crippen LogP contribution is -2.19. The first kappa shape index (κ1) is 24.0. The molecule has 0 saturated heterocycles. The number of hydrogen-bond acceptors (Lipinski definition) is 4. The molecule has 0 bridgehead atoms. The van der Waals surface area contributed by atoms with Gasteiger partial charge in [0.1, 0.15) is 5.69 Å². The van der Waals surface area contributed by atoms with E-state index < -0.39 is 0 Å². The van der Waals surface area contributed by atoms with E-state index in [2.05, 4.69) is 48.5 Å². The topological polar surface area (TPSA) is 79.5 Å². The number of rotatable bonds is 6. The normalized spacial score (nSPS) is 11.9. The van der Waals surface area contributed by atoms with E-state index in [0.717, 1.165) is 11.1 Å². The van der Waals surface area contributed by atoms with Crippen LogP contribution in [0.2, 0.25) is 0 Å². The lowest BCUT2D eigenvalue weighted by molar-refractivity contribution is 0.0955. The van der Waals surface area contributed by atoms with Crippen molar-refractivity contribution in [2.45, 2.75) is 39.7 Å². The molecular weight excluding hydrogens is 436 g/mol. The molecule has 0 aliphatic heterocycles. The minimum atomic E-state index is -0.328. The molecule has 0 saturated carbocycles. The van der Waals surface area contributed by atoms with Gasteiger partial charge in [0.25, 0.3) is 5.91 Å². The molecule has 4 aromatic rings. The highest BCUT2D eigenvalue weighted by Crippen LogP contribution is 2.34. The van der Waals surface area contributed by atoms with Gasteiger partial charge in [0.15, 0.2) is 11.4 Å². The summed E-state index contributed by atoms with van der Waals surface area (Å²) in [6.07, 6.45) is 0. The summed E-state index contributed by atoms with van der Waals surface area (Å²) in [6.45, 7) is 8.70. The highest BCUT2D eigenvalue weighted by Gasteiger charge is 2.22. The average Bonchev–Trinajstić information content (AvgIpc) is 3.18. The number of amides is 1. The number of benzene rings is 3. The van der Waals surface area contributed by atoms with Gasteiger partial charge >= 0.3 is 0 Å². The van der Waals surface area contributed by atoms with E-state index >= 15 is 0 Å². The molecule has 4 rings (SSSR count). The van der Waals surface area contributed by atoms with E-state index in [1.807, 2.05) is 48.5 Å². The first-order valence-corrected chi connectivity index (χ1v) is 11.6. The van der Waals surface area contributed by atoms with E-state index in [-0.39, 0.29) is 17.1 Å². The van der Waals surface area contributed by atoms with Gasteiger partial charge in [0.05, 0.1) is 12.3 Å². The molecule has 1 amide bonds. The Bertz CT molecular complexity index is 1330. The molecule has 1 heterocycles. The minimum Gasteiger partial charge on any atom is -0.504 e. The number of carbonyl (C=O) groups is 1. The van der Waals surface area contributed by atoms with Crippen molar-refractivity contribution in [3.8, 4) is 17.0 Å². The number of nitrogens with one attached hydrogen (secondary N) is 1. The third-order valence-electron chi connectivity index (χ3n) is 5.83. The number of hydrazone groups is 1. The van der Waals surface area contributed by atoms with Crippen LogP contribution in [0.25, 0.3) is 11.3 Å². The first-order chi connectivity index (χ1) is 16.7. The summed E-state index contributed by atoms with van der Waals surface area (Å²) in [7, 11) is 0. The third kappa shape index (κ3) is 5.49. The Morgan fingerprint density at radius 2 is 1.54 bits per heavy atom. The molecule has 2 N–H and O–H groups in total. The molecule has 3 aromatic carbocycles. The third-order valence-corrected chi connectivity index (χ3v) is 5.83. The van der Waals surface area contributed by atoms with E-state index in [0.29, 0.717) is 29.2 Å². The number of nitrogens with zero attached hydrogens (tertiary/aromatic N) is 3. The van der Waals surface area contributed by atoms with Gasteiger partial charge in [0, 0.05) is 11.1 Å². The zero-order valence-electron chi connectivity index (χ0n) is 20.5. The van der Waals surface area contributed by atoms with Crippen LogP contribution in [-0.4, -0.2) is 26.5 Å². The van der Waals surface area contributed by atoms with E-state index in [4.69, 9.17) is 0 Å². The van der Waals surface area contributed by atoms with Crippen molar-refractivity contribution in [1.29, 1.82) is 0 Å². The first-order valence-electron chi connectivity index (χ1n) is 11.6. The Morgan fingerprint density at radius 1 is 0.943 bits per heavy atom. The molecule has 1 aromatic heterocycles. The lowest BCUT2D eigenvalue weighted by Gasteiger charge is -2.19. The summed E-state index contributed by atoms with van der Waals surface area (Å²) >= 11 is 0. The van der Waals surface area contributed by atoms with Crippen molar-refractivity contribution in [3.05, 3.63) is 107 Å². The Balaban J connectivity index is 1.71. The van der Waals surface area contributed by atoms with Gasteiger partial charge in [-0.2, -0.15) is 10.2 Å². The molecule has 35 heavy (non-hydrogen) atoms. The molecule has 0 unspecified atom stereocenters. The SMILES string of the molecule is C/C(=N\NC(=O)c1ccccc1)c1nn(Cc2ccccc2)c(-c2ccc(C(C)(C)C)cc2)c1O. The molecule has 0 fully saturated rings. The Morgan fingerprint density at radius 3 is 2.14 bits per heavy atom. The second-order valence-corrected chi connectivity index (χ2v) is 9.52. The molecule has 178 valence electrons. The van der Waals surface area contributed by atoms with Crippen molar-refractivity contribution in [2.75, 3.05) is 0 Å². The highest BCUT2D eigenvalue weighted by molar-refractivity contribution is 6.02. The molecule has 0 spiro atoms. The van der Waals surface area contributed by atoms with Crippen LogP contribution in [0.1, 0.15) is 54.9 Å². The fourth-order valence-corrected chi connectivity index (χ4v) is 3.82. The summed E-state index contributed by atoms with van der Waals surface area (Å²) in [6, 6.07) is 27.0. The van der Waals surface area contributed by atoms with E-state index in [1.54, 1.807) is 35.9 Å². The van der Waals surface area contributed by atoms with Crippen molar-refractivity contribution < 1.29 is 9.90 Å². The van der Waals surface area contributed by atoms with Gasteiger partial charge in [-0.15, -0.1) is 0 Å². The van der Waals surface area contributed by atoms with Crippen molar-refractivity contribution in [1.82, 2.24) is 15.2 Å². The number of aromatic hydroxyl groups is 1. The summed E-state index contributed by atoms with van der Waals surface area (Å²) in [4.78, 5) is 12.4. The quantitative estimate of drug-likeness (QED) is 0.280. The number of hydrogen-bond donors (Lipinski definition) is 2. The molecule has 0 radical (unpaired) electrons. The number of carbonyl (C=O) groups excluding carboxylic acids is 1. The van der Waals surface area contributed by atoms with Crippen molar-refractivity contribution >= 4 is 11.6 Å². The lowest BCUT2D eigenvalue weighted by atomic mass is 9.86. The van der Waals surface area contributed by atoms with Crippen molar-refractivity contribution in [2.24, 2.45) is 5.10 Å². The number of aromatic nitrogens is 2. The maximum Gasteiger partial charge on any atom is 0.271 e. The van der Waals surface area contributed by atoms with E-state index in [1.165, 1.54) is 5.56 Å². The van der Waals surface area contributed by atoms with Crippen LogP contribution in [0, 0.1) is 0 Å². The molecule has 6 nitrogen and oxygen atoms in total. The second-order valence-electron chi connectivity index (χ2n) is 9.52. The Kier molecular flexibility index (Phi) is 6.82. The average molecular weight is 467 g/mol. The van der Waals surface area contributed by atoms with Crippen LogP contribution in [0.5, 0.6) is 5.75 Å². The minimum absolute atomic E-state index is 0.0240. The second kappa shape index (κ2) is 9.97. The van der Waals surface area contributed by atoms with Gasteiger partial charge in [-0.25, -0.2) is 5.43 Å². The molecule has 0 aliphatic carbocycles. The van der Waals surface area contributed by atoms with Gasteiger partial charge in [-0.1, -0.05) is 93.6 Å². The zero-order chi connectivity index (χ0) is 25.0. The largest absolute Gasteiger partial charge is 0.504 e. The van der Waals surface area contributed by atoms with Crippen LogP contribution >= 0.6 is 0 Å². The van der Waals surface area contributed by atoms with Crippen LogP contribution in [0.15, 0.2) is 90.0 Å². The smallest absolute Gasteiger partial charge is 0.271 e. The van der Waals surface area contributed by atoms with Gasteiger partial charge in [0.2, 0.25) is 0 Å². The molecule has 0 atom stereocenters. The monoisotopic (exact) mass is 466 g/mol. The summed E-state index contributed by atoms with van der Waals surface area (Å²) in [5.74, 6) is -0.300. The maximum absolute atomic E-state index is 12.4. The maximum atomic E-state index is 12.4. The van der Waals surface area contributed by atoms with Crippen LogP contribution in [-0.2, 0) is 12.0 Å². The summed E-state index contributed by atoms with van der Waals surface area (Å²) < 4.78 is 1.78. The van der Waals surface area contributed by atoms with Gasteiger partial charge in [-0.05, 0) is 35.6 Å². The Labute approximate surface area is 206 Å². The van der Waals surface area contributed by atoms with Crippen LogP contribution in [0.4, 0.5) is 0 Å². The molecule has 0 aliphatic rings. The zero-order valence-corrected chi connectivity index (χ0v) is 20.5. The predicted octanol–water partition coefficient (Wildman–Crippen LogP) is 5.76. The highest BCUT2D eigenvalue weighted by atomic mass is 16.3. The summed E-state index contributed by atoms with van der Waals surface area (Å²) in [5.41, 5.74) is 7.53. The van der Waals surface area contributed by atoms with E-state index in [9.17, 15) is 9.90 Å². The Hall–Kier alpha value is -4.19. The fourth-order valence-electron chi connectivity index (χ4n) is 3.82.